The molecule has 29 heavy (non-hydrogen) atoms. The summed E-state index contributed by atoms with van der Waals surface area (Å²) in [5, 5.41) is 2.40. The van der Waals surface area contributed by atoms with Gasteiger partial charge in [0.25, 0.3) is 0 Å². The second-order valence-corrected chi connectivity index (χ2v) is 12.3. The average molecular weight is 450 g/mol. The van der Waals surface area contributed by atoms with E-state index >= 15 is 0 Å². The van der Waals surface area contributed by atoms with E-state index in [1.807, 2.05) is 24.3 Å². The molecule has 3 rings (SSSR count). The van der Waals surface area contributed by atoms with Gasteiger partial charge in [-0.1, -0.05) is 50.2 Å². The molecule has 0 radical (unpaired) electrons. The first-order chi connectivity index (χ1) is 13.5. The Morgan fingerprint density at radius 2 is 1.52 bits per heavy atom. The van der Waals surface area contributed by atoms with Crippen LogP contribution in [-0.2, 0) is 31.2 Å². The van der Waals surface area contributed by atoms with Gasteiger partial charge in [0.15, 0.2) is 19.7 Å². The molecule has 154 valence electrons. The Hall–Kier alpha value is -2.03. The molecular formula is C21H23NO4S3. The highest BCUT2D eigenvalue weighted by atomic mass is 32.2. The molecule has 8 heteroatoms. The molecule has 0 aliphatic heterocycles. The summed E-state index contributed by atoms with van der Waals surface area (Å²) in [4.78, 5) is 4.67. The summed E-state index contributed by atoms with van der Waals surface area (Å²) in [6, 6.07) is 14.1. The van der Waals surface area contributed by atoms with Crippen LogP contribution in [0.4, 0.5) is 0 Å². The first-order valence-electron chi connectivity index (χ1n) is 9.08. The van der Waals surface area contributed by atoms with Crippen molar-refractivity contribution < 1.29 is 16.8 Å². The number of thiazole rings is 1. The molecule has 1 aromatic heterocycles. The Morgan fingerprint density at radius 3 is 2.07 bits per heavy atom. The predicted molar refractivity (Wildman–Crippen MR) is 118 cm³/mol. The summed E-state index contributed by atoms with van der Waals surface area (Å²) in [6.45, 7) is 4.20. The Kier molecular flexibility index (Phi) is 6.26. The average Bonchev–Trinajstić information content (AvgIpc) is 3.09. The quantitative estimate of drug-likeness (QED) is 0.532. The van der Waals surface area contributed by atoms with Crippen LogP contribution in [0.15, 0.2) is 58.8 Å². The minimum absolute atomic E-state index is 0.0265. The highest BCUT2D eigenvalue weighted by Crippen LogP contribution is 2.26. The van der Waals surface area contributed by atoms with E-state index in [2.05, 4.69) is 18.8 Å². The van der Waals surface area contributed by atoms with Crippen molar-refractivity contribution >= 4 is 31.0 Å². The molecule has 3 aromatic rings. The zero-order chi connectivity index (χ0) is 21.2. The zero-order valence-corrected chi connectivity index (χ0v) is 18.9. The fourth-order valence-corrected chi connectivity index (χ4v) is 5.84. The van der Waals surface area contributed by atoms with E-state index in [9.17, 15) is 16.8 Å². The van der Waals surface area contributed by atoms with Crippen LogP contribution in [0.25, 0.3) is 10.6 Å². The van der Waals surface area contributed by atoms with Gasteiger partial charge in [0.1, 0.15) is 5.01 Å². The lowest BCUT2D eigenvalue weighted by molar-refractivity contribution is 0.593. The van der Waals surface area contributed by atoms with Gasteiger partial charge in [-0.15, -0.1) is 11.3 Å². The lowest BCUT2D eigenvalue weighted by Crippen LogP contribution is -2.08. The third kappa shape index (κ3) is 5.74. The van der Waals surface area contributed by atoms with Crippen molar-refractivity contribution in [2.45, 2.75) is 36.2 Å². The smallest absolute Gasteiger partial charge is 0.175 e. The van der Waals surface area contributed by atoms with Crippen molar-refractivity contribution in [1.29, 1.82) is 0 Å². The fraction of sp³-hybridized carbons (Fsp3) is 0.286. The predicted octanol–water partition coefficient (Wildman–Crippen LogP) is 4.45. The van der Waals surface area contributed by atoms with E-state index in [0.717, 1.165) is 17.4 Å². The molecule has 2 aromatic carbocycles. The zero-order valence-electron chi connectivity index (χ0n) is 16.5. The molecule has 0 N–H and O–H groups in total. The molecule has 0 aliphatic carbocycles. The first-order valence-corrected chi connectivity index (χ1v) is 13.7. The Morgan fingerprint density at radius 1 is 0.897 bits per heavy atom. The van der Waals surface area contributed by atoms with Gasteiger partial charge < -0.3 is 0 Å². The van der Waals surface area contributed by atoms with E-state index < -0.39 is 19.7 Å². The van der Waals surface area contributed by atoms with Crippen LogP contribution in [0.1, 0.15) is 36.6 Å². The molecule has 0 spiro atoms. The molecule has 0 amide bonds. The second kappa shape index (κ2) is 8.38. The number of hydrogen-bond donors (Lipinski definition) is 0. The molecule has 0 saturated carbocycles. The van der Waals surface area contributed by atoms with Gasteiger partial charge in [-0.3, -0.25) is 0 Å². The normalized spacial score (nSPS) is 12.4. The molecule has 0 fully saturated rings. The lowest BCUT2D eigenvalue weighted by atomic mass is 10.0. The molecule has 0 bridgehead atoms. The van der Waals surface area contributed by atoms with Crippen molar-refractivity contribution in [3.05, 3.63) is 70.7 Å². The number of rotatable bonds is 7. The minimum Gasteiger partial charge on any atom is -0.240 e. The van der Waals surface area contributed by atoms with Crippen LogP contribution < -0.4 is 0 Å². The van der Waals surface area contributed by atoms with Crippen LogP contribution >= 0.6 is 11.3 Å². The third-order valence-electron chi connectivity index (χ3n) is 4.48. The Bertz CT molecular complexity index is 1190. The first kappa shape index (κ1) is 21.7. The summed E-state index contributed by atoms with van der Waals surface area (Å²) in [7, 11) is -6.61. The van der Waals surface area contributed by atoms with E-state index in [1.54, 1.807) is 17.5 Å². The molecule has 0 saturated heterocycles. The molecular weight excluding hydrogens is 426 g/mol. The van der Waals surface area contributed by atoms with Crippen molar-refractivity contribution in [3.8, 4) is 10.6 Å². The molecule has 0 atom stereocenters. The molecule has 5 nitrogen and oxygen atoms in total. The summed E-state index contributed by atoms with van der Waals surface area (Å²) in [6.07, 6.45) is 1.16. The van der Waals surface area contributed by atoms with Crippen molar-refractivity contribution in [1.82, 2.24) is 4.98 Å². The Labute approximate surface area is 176 Å². The highest BCUT2D eigenvalue weighted by Gasteiger charge is 2.17. The molecule has 1 heterocycles. The van der Waals surface area contributed by atoms with Gasteiger partial charge in [-0.25, -0.2) is 21.8 Å². The van der Waals surface area contributed by atoms with Gasteiger partial charge in [0, 0.05) is 17.2 Å². The number of aromatic nitrogens is 1. The van der Waals surface area contributed by atoms with E-state index in [1.165, 1.54) is 29.0 Å². The van der Waals surface area contributed by atoms with Crippen LogP contribution in [0.5, 0.6) is 0 Å². The van der Waals surface area contributed by atoms with Crippen molar-refractivity contribution in [2.75, 3.05) is 6.26 Å². The highest BCUT2D eigenvalue weighted by molar-refractivity contribution is 7.90. The second-order valence-electron chi connectivity index (χ2n) is 7.37. The van der Waals surface area contributed by atoms with E-state index in [0.29, 0.717) is 16.6 Å². The Balaban J connectivity index is 1.71. The van der Waals surface area contributed by atoms with Gasteiger partial charge >= 0.3 is 0 Å². The van der Waals surface area contributed by atoms with E-state index in [4.69, 9.17) is 0 Å². The number of hydrogen-bond acceptors (Lipinski definition) is 6. The van der Waals surface area contributed by atoms with Gasteiger partial charge in [-0.2, -0.15) is 0 Å². The van der Waals surface area contributed by atoms with Crippen LogP contribution in [0.2, 0.25) is 0 Å². The third-order valence-corrected chi connectivity index (χ3v) is 8.06. The molecule has 0 unspecified atom stereocenters. The number of benzene rings is 2. The maximum absolute atomic E-state index is 12.6. The standard InChI is InChI=1S/C21H23NO4S3/c1-15(2)17-6-4-16(5-7-17)13-29(25,26)14-19-12-27-21(22-19)18-8-10-20(11-9-18)28(3,23)24/h4-12,15H,13-14H2,1-3H3. The SMILES string of the molecule is CC(C)c1ccc(CS(=O)(=O)Cc2csc(-c3ccc(S(C)(=O)=O)cc3)n2)cc1. The van der Waals surface area contributed by atoms with Crippen molar-refractivity contribution in [3.63, 3.8) is 0 Å². The fourth-order valence-electron chi connectivity index (χ4n) is 2.88. The maximum atomic E-state index is 12.6. The lowest BCUT2D eigenvalue weighted by Gasteiger charge is -2.07. The monoisotopic (exact) mass is 449 g/mol. The summed E-state index contributed by atoms with van der Waals surface area (Å²) >= 11 is 1.34. The van der Waals surface area contributed by atoms with Crippen LogP contribution in [0.3, 0.4) is 0 Å². The summed E-state index contributed by atoms with van der Waals surface area (Å²) in [5.41, 5.74) is 3.20. The summed E-state index contributed by atoms with van der Waals surface area (Å²) in [5.74, 6) is 0.249. The van der Waals surface area contributed by atoms with E-state index in [-0.39, 0.29) is 16.4 Å². The number of sulfone groups is 2. The van der Waals surface area contributed by atoms with Gasteiger partial charge in [0.2, 0.25) is 0 Å². The van der Waals surface area contributed by atoms with Crippen molar-refractivity contribution in [2.24, 2.45) is 0 Å². The van der Waals surface area contributed by atoms with Crippen LogP contribution in [0, 0.1) is 0 Å². The van der Waals surface area contributed by atoms with Gasteiger partial charge in [-0.05, 0) is 29.2 Å². The number of nitrogens with zero attached hydrogens (tertiary/aromatic N) is 1. The topological polar surface area (TPSA) is 81.2 Å². The van der Waals surface area contributed by atoms with Crippen LogP contribution in [-0.4, -0.2) is 28.1 Å². The maximum Gasteiger partial charge on any atom is 0.175 e. The largest absolute Gasteiger partial charge is 0.240 e. The van der Waals surface area contributed by atoms with Gasteiger partial charge in [0.05, 0.1) is 22.1 Å². The molecule has 0 aliphatic rings. The summed E-state index contributed by atoms with van der Waals surface area (Å²) < 4.78 is 48.3. The minimum atomic E-state index is -3.35.